The molecule has 0 aromatic heterocycles. The summed E-state index contributed by atoms with van der Waals surface area (Å²) >= 11 is 0. The third kappa shape index (κ3) is 8.63. The molecule has 3 rings (SSSR count). The topological polar surface area (TPSA) is 141 Å². The van der Waals surface area contributed by atoms with E-state index in [0.29, 0.717) is 16.9 Å². The zero-order chi connectivity index (χ0) is 31.2. The molecule has 0 radical (unpaired) electrons. The van der Waals surface area contributed by atoms with Gasteiger partial charge in [-0.1, -0.05) is 23.8 Å². The van der Waals surface area contributed by atoms with Gasteiger partial charge in [-0.3, -0.25) is 4.79 Å². The minimum atomic E-state index is -4.10. The third-order valence-corrected chi connectivity index (χ3v) is 6.44. The second-order valence-corrected chi connectivity index (χ2v) is 12.5. The van der Waals surface area contributed by atoms with E-state index in [1.807, 2.05) is 19.9 Å². The lowest BCUT2D eigenvalue weighted by Gasteiger charge is -2.21. The van der Waals surface area contributed by atoms with Gasteiger partial charge in [0.15, 0.2) is 23.0 Å². The van der Waals surface area contributed by atoms with Gasteiger partial charge in [0.05, 0.1) is 32.3 Å². The Kier molecular flexibility index (Phi) is 10.1. The lowest BCUT2D eigenvalue weighted by atomic mass is 9.96. The predicted molar refractivity (Wildman–Crippen MR) is 158 cm³/mol. The van der Waals surface area contributed by atoms with Crippen molar-refractivity contribution < 1.29 is 48.9 Å². The van der Waals surface area contributed by atoms with Crippen molar-refractivity contribution in [1.29, 1.82) is 0 Å². The highest BCUT2D eigenvalue weighted by Crippen LogP contribution is 2.51. The zero-order valence-electron chi connectivity index (χ0n) is 24.2. The monoisotopic (exact) mass is 620 g/mol. The van der Waals surface area contributed by atoms with Crippen molar-refractivity contribution in [3.05, 3.63) is 60.2 Å². The molecule has 0 N–H and O–H groups in total. The van der Waals surface area contributed by atoms with Crippen LogP contribution in [0.4, 0.5) is 0 Å². The number of carbonyl (C=O) groups is 1. The normalized spacial score (nSPS) is 11.3. The Morgan fingerprint density at radius 3 is 1.88 bits per heavy atom. The van der Waals surface area contributed by atoms with Crippen molar-refractivity contribution in [2.24, 2.45) is 0 Å². The summed E-state index contributed by atoms with van der Waals surface area (Å²) in [6.07, 6.45) is 3.58. The number of hydrogen-bond acceptors (Lipinski definition) is 11. The predicted octanol–water partition coefficient (Wildman–Crippen LogP) is 4.98. The number of benzene rings is 3. The van der Waals surface area contributed by atoms with E-state index in [4.69, 9.17) is 27.3 Å². The Morgan fingerprint density at radius 2 is 1.36 bits per heavy atom. The highest BCUT2D eigenvalue weighted by Gasteiger charge is 2.27. The summed E-state index contributed by atoms with van der Waals surface area (Å²) in [6, 6.07) is 12.5. The summed E-state index contributed by atoms with van der Waals surface area (Å²) in [4.78, 5) is 11.3. The Hall–Kier alpha value is -4.23. The van der Waals surface area contributed by atoms with E-state index in [1.54, 1.807) is 36.4 Å². The van der Waals surface area contributed by atoms with Crippen molar-refractivity contribution in [1.82, 2.24) is 0 Å². The van der Waals surface area contributed by atoms with Crippen molar-refractivity contribution in [3.63, 3.8) is 0 Å². The fourth-order valence-corrected chi connectivity index (χ4v) is 4.79. The number of carbonyl (C=O) groups excluding carboxylic acids is 1. The SMILES string of the molecule is COc1cc(-c2ccc(OC(C)=O)cc2)c(OC)c(OS(C)(=O)=O)c1-c1ccc(OCC=C(C)C)c(OS(C)(=O)=O)c1. The van der Waals surface area contributed by atoms with Gasteiger partial charge >= 0.3 is 26.2 Å². The molecule has 0 bridgehead atoms. The van der Waals surface area contributed by atoms with Crippen LogP contribution in [0.1, 0.15) is 20.8 Å². The van der Waals surface area contributed by atoms with Crippen LogP contribution in [0.2, 0.25) is 0 Å². The zero-order valence-corrected chi connectivity index (χ0v) is 25.8. The molecule has 0 spiro atoms. The van der Waals surface area contributed by atoms with Crippen LogP contribution in [0.15, 0.2) is 60.2 Å². The molecule has 11 nitrogen and oxygen atoms in total. The first kappa shape index (κ1) is 32.3. The molecule has 3 aromatic carbocycles. The van der Waals surface area contributed by atoms with Crippen LogP contribution >= 0.6 is 0 Å². The molecule has 0 saturated carbocycles. The highest BCUT2D eigenvalue weighted by molar-refractivity contribution is 7.86. The molecule has 0 fully saturated rings. The van der Waals surface area contributed by atoms with Crippen molar-refractivity contribution >= 4 is 26.2 Å². The van der Waals surface area contributed by atoms with Gasteiger partial charge in [-0.05, 0) is 61.4 Å². The Balaban J connectivity index is 2.30. The van der Waals surface area contributed by atoms with E-state index in [-0.39, 0.29) is 46.5 Å². The molecule has 13 heteroatoms. The van der Waals surface area contributed by atoms with E-state index < -0.39 is 26.2 Å². The molecule has 42 heavy (non-hydrogen) atoms. The maximum absolute atomic E-state index is 12.4. The molecule has 0 unspecified atom stereocenters. The third-order valence-electron chi connectivity index (χ3n) is 5.49. The molecule has 0 aliphatic rings. The van der Waals surface area contributed by atoms with E-state index in [1.165, 1.54) is 33.3 Å². The summed E-state index contributed by atoms with van der Waals surface area (Å²) in [5, 5.41) is 0. The van der Waals surface area contributed by atoms with Crippen LogP contribution in [0.25, 0.3) is 22.3 Å². The fraction of sp³-hybridized carbons (Fsp3) is 0.276. The number of ether oxygens (including phenoxy) is 4. The number of hydrogen-bond donors (Lipinski definition) is 0. The van der Waals surface area contributed by atoms with Crippen LogP contribution in [0, 0.1) is 0 Å². The summed E-state index contributed by atoms with van der Waals surface area (Å²) in [5.74, 6) is -0.143. The Labute approximate surface area is 245 Å². The summed E-state index contributed by atoms with van der Waals surface area (Å²) in [5.41, 5.74) is 2.40. The van der Waals surface area contributed by atoms with Gasteiger partial charge in [-0.2, -0.15) is 16.8 Å². The maximum atomic E-state index is 12.4. The molecule has 3 aromatic rings. The van der Waals surface area contributed by atoms with E-state index >= 15 is 0 Å². The van der Waals surface area contributed by atoms with Gasteiger partial charge in [0.2, 0.25) is 0 Å². The summed E-state index contributed by atoms with van der Waals surface area (Å²) in [6.45, 7) is 5.22. The lowest BCUT2D eigenvalue weighted by Crippen LogP contribution is -2.10. The average Bonchev–Trinajstić information content (AvgIpc) is 2.87. The molecule has 0 saturated heterocycles. The number of esters is 1. The van der Waals surface area contributed by atoms with Crippen LogP contribution < -0.4 is 27.3 Å². The first-order valence-corrected chi connectivity index (χ1v) is 16.0. The van der Waals surface area contributed by atoms with Crippen molar-refractivity contribution in [2.45, 2.75) is 20.8 Å². The molecular formula is C29H32O11S2. The first-order valence-electron chi connectivity index (χ1n) is 12.4. The van der Waals surface area contributed by atoms with Crippen molar-refractivity contribution in [3.8, 4) is 56.8 Å². The average molecular weight is 621 g/mol. The fourth-order valence-electron chi connectivity index (χ4n) is 3.88. The van der Waals surface area contributed by atoms with E-state index in [9.17, 15) is 21.6 Å². The van der Waals surface area contributed by atoms with Gasteiger partial charge in [0.1, 0.15) is 18.1 Å². The molecule has 0 heterocycles. The first-order chi connectivity index (χ1) is 19.6. The second-order valence-electron chi connectivity index (χ2n) is 9.31. The summed E-state index contributed by atoms with van der Waals surface area (Å²) in [7, 11) is -5.35. The minimum absolute atomic E-state index is 0.0472. The van der Waals surface area contributed by atoms with Crippen LogP contribution in [0.3, 0.4) is 0 Å². The molecular weight excluding hydrogens is 588 g/mol. The molecule has 0 amide bonds. The highest BCUT2D eigenvalue weighted by atomic mass is 32.2. The smallest absolute Gasteiger partial charge is 0.308 e. The number of allylic oxidation sites excluding steroid dienone is 1. The second kappa shape index (κ2) is 13.2. The quantitative estimate of drug-likeness (QED) is 0.117. The van der Waals surface area contributed by atoms with E-state index in [2.05, 4.69) is 0 Å². The van der Waals surface area contributed by atoms with Gasteiger partial charge in [0, 0.05) is 12.5 Å². The van der Waals surface area contributed by atoms with Crippen LogP contribution in [-0.4, -0.2) is 56.1 Å². The maximum Gasteiger partial charge on any atom is 0.308 e. The Morgan fingerprint density at radius 1 is 0.738 bits per heavy atom. The van der Waals surface area contributed by atoms with Crippen LogP contribution in [-0.2, 0) is 25.0 Å². The minimum Gasteiger partial charge on any atom is -0.496 e. The molecule has 226 valence electrons. The molecule has 0 aliphatic carbocycles. The van der Waals surface area contributed by atoms with Gasteiger partial charge < -0.3 is 27.3 Å². The van der Waals surface area contributed by atoms with Gasteiger partial charge in [0.25, 0.3) is 0 Å². The Bertz CT molecular complexity index is 1700. The van der Waals surface area contributed by atoms with E-state index in [0.717, 1.165) is 18.1 Å². The van der Waals surface area contributed by atoms with Gasteiger partial charge in [-0.25, -0.2) is 0 Å². The number of rotatable bonds is 12. The number of methoxy groups -OCH3 is 2. The standard InChI is InChI=1S/C29H32O11S2/c1-18(2)14-15-37-24-13-10-21(16-25(24)39-41(6,31)32)27-26(35-4)17-23(28(36-5)29(27)40-42(7,33)34)20-8-11-22(12-9-20)38-19(3)30/h8-14,16-17H,15H2,1-7H3. The molecule has 0 atom stereocenters. The summed E-state index contributed by atoms with van der Waals surface area (Å²) < 4.78 is 81.8. The molecule has 0 aliphatic heterocycles. The van der Waals surface area contributed by atoms with Crippen molar-refractivity contribution in [2.75, 3.05) is 33.3 Å². The van der Waals surface area contributed by atoms with Crippen LogP contribution in [0.5, 0.6) is 34.5 Å². The lowest BCUT2D eigenvalue weighted by molar-refractivity contribution is -0.131. The largest absolute Gasteiger partial charge is 0.496 e. The van der Waals surface area contributed by atoms with Gasteiger partial charge in [-0.15, -0.1) is 0 Å².